The van der Waals surface area contributed by atoms with Crippen LogP contribution in [0.4, 0.5) is 0 Å². The van der Waals surface area contributed by atoms with Gasteiger partial charge in [-0.2, -0.15) is 8.42 Å². The summed E-state index contributed by atoms with van der Waals surface area (Å²) in [6, 6.07) is 0. The highest BCUT2D eigenvalue weighted by atomic mass is 32.2. The fourth-order valence-corrected chi connectivity index (χ4v) is 0.656. The highest BCUT2D eigenvalue weighted by Crippen LogP contribution is 1.91. The molecule has 5 nitrogen and oxygen atoms in total. The second-order valence-electron chi connectivity index (χ2n) is 1.78. The lowest BCUT2D eigenvalue weighted by Crippen LogP contribution is -2.22. The number of carbonyl (C=O) groups is 1. The van der Waals surface area contributed by atoms with E-state index in [1.54, 1.807) is 0 Å². The van der Waals surface area contributed by atoms with Crippen molar-refractivity contribution in [3.8, 4) is 0 Å². The number of hydrogen-bond donors (Lipinski definition) is 1. The predicted molar refractivity (Wildman–Crippen MR) is 32.6 cm³/mol. The number of carbonyl (C=O) groups excluding carboxylic acids is 1. The molecule has 0 amide bonds. The van der Waals surface area contributed by atoms with E-state index in [2.05, 4.69) is 4.18 Å². The van der Waals surface area contributed by atoms with Crippen molar-refractivity contribution < 1.29 is 22.5 Å². The van der Waals surface area contributed by atoms with Crippen LogP contribution in [0.2, 0.25) is 0 Å². The molecule has 0 saturated carbocycles. The molecule has 6 heteroatoms. The smallest absolute Gasteiger partial charge is 0.350 e. The van der Waals surface area contributed by atoms with Crippen LogP contribution in [0.15, 0.2) is 0 Å². The molecule has 0 aliphatic heterocycles. The second-order valence-corrected chi connectivity index (χ2v) is 3.36. The van der Waals surface area contributed by atoms with E-state index >= 15 is 0 Å². The lowest BCUT2D eigenvalue weighted by Gasteiger charge is -2.01. The van der Waals surface area contributed by atoms with Crippen LogP contribution in [0.3, 0.4) is 0 Å². The third-order valence-corrected chi connectivity index (χ3v) is 1.04. The van der Waals surface area contributed by atoms with E-state index in [9.17, 15) is 13.2 Å². The Bertz CT molecular complexity index is 214. The Hall–Kier alpha value is -0.620. The Morgan fingerprint density at radius 3 is 2.10 bits per heavy atom. The van der Waals surface area contributed by atoms with Gasteiger partial charge in [-0.15, -0.1) is 0 Å². The molecule has 0 unspecified atom stereocenters. The summed E-state index contributed by atoms with van der Waals surface area (Å²) < 4.78 is 24.2. The molecule has 1 atom stereocenters. The number of rotatable bonds is 2. The molecule has 1 N–H and O–H groups in total. The lowest BCUT2D eigenvalue weighted by molar-refractivity contribution is -0.142. The summed E-state index contributed by atoms with van der Waals surface area (Å²) in [4.78, 5) is 10.3. The molecule has 0 aliphatic carbocycles. The minimum atomic E-state index is -3.78. The summed E-state index contributed by atoms with van der Waals surface area (Å²) in [6.07, 6.45) is -0.678. The summed E-state index contributed by atoms with van der Waals surface area (Å²) in [7, 11) is -3.78. The quantitative estimate of drug-likeness (QED) is 0.528. The van der Waals surface area contributed by atoms with Gasteiger partial charge >= 0.3 is 16.1 Å². The van der Waals surface area contributed by atoms with Gasteiger partial charge in [0.05, 0.1) is 6.26 Å². The van der Waals surface area contributed by atoms with Crippen LogP contribution in [0.5, 0.6) is 0 Å². The van der Waals surface area contributed by atoms with Crippen molar-refractivity contribution in [1.29, 1.82) is 0 Å². The van der Waals surface area contributed by atoms with E-state index in [0.717, 1.165) is 13.2 Å². The summed E-state index contributed by atoms with van der Waals surface area (Å²) in [5, 5.41) is 8.45. The molecular weight excluding hydrogens is 160 g/mol. The maximum absolute atomic E-state index is 10.3. The number of aliphatic hydroxyl groups is 1. The van der Waals surface area contributed by atoms with Crippen LogP contribution >= 0.6 is 0 Å². The van der Waals surface area contributed by atoms with E-state index in [-0.39, 0.29) is 0 Å². The lowest BCUT2D eigenvalue weighted by atomic mass is 10.4. The van der Waals surface area contributed by atoms with Crippen LogP contribution in [-0.4, -0.2) is 31.9 Å². The Balaban J connectivity index is 4.07. The van der Waals surface area contributed by atoms with Crippen LogP contribution in [-0.2, 0) is 19.1 Å². The molecule has 0 heterocycles. The average Bonchev–Trinajstić information content (AvgIpc) is 1.60. The second kappa shape index (κ2) is 2.98. The number of hydrogen-bond acceptors (Lipinski definition) is 5. The standard InChI is InChI=1S/C4H8O5S/c1-3(5)4(6)9-10(2,7)8/h3,5H,1-2H3/t3-/m0/s1. The van der Waals surface area contributed by atoms with E-state index in [4.69, 9.17) is 5.11 Å². The molecule has 0 rings (SSSR count). The van der Waals surface area contributed by atoms with Crippen molar-refractivity contribution in [3.05, 3.63) is 0 Å². The van der Waals surface area contributed by atoms with E-state index < -0.39 is 22.2 Å². The Morgan fingerprint density at radius 1 is 1.60 bits per heavy atom. The van der Waals surface area contributed by atoms with E-state index in [1.807, 2.05) is 0 Å². The van der Waals surface area contributed by atoms with Crippen molar-refractivity contribution >= 4 is 16.1 Å². The largest absolute Gasteiger partial charge is 0.382 e. The van der Waals surface area contributed by atoms with Gasteiger partial charge in [0, 0.05) is 0 Å². The van der Waals surface area contributed by atoms with E-state index in [0.29, 0.717) is 0 Å². The first-order valence-corrected chi connectivity index (χ1v) is 4.26. The first-order chi connectivity index (χ1) is 4.33. The predicted octanol–water partition coefficient (Wildman–Crippen LogP) is -1.13. The molecule has 0 bridgehead atoms. The molecule has 0 aromatic carbocycles. The molecule has 0 spiro atoms. The highest BCUT2D eigenvalue weighted by molar-refractivity contribution is 7.86. The zero-order valence-electron chi connectivity index (χ0n) is 5.57. The average molecular weight is 168 g/mol. The van der Waals surface area contributed by atoms with Gasteiger partial charge < -0.3 is 9.29 Å². The van der Waals surface area contributed by atoms with Crippen LogP contribution in [0, 0.1) is 0 Å². The molecule has 60 valence electrons. The van der Waals surface area contributed by atoms with Crippen LogP contribution in [0.1, 0.15) is 6.92 Å². The van der Waals surface area contributed by atoms with Gasteiger partial charge in [0.15, 0.2) is 0 Å². The fourth-order valence-electron chi connectivity index (χ4n) is 0.219. The molecule has 0 aromatic heterocycles. The Kier molecular flexibility index (Phi) is 2.79. The zero-order chi connectivity index (χ0) is 8.36. The molecule has 0 aliphatic rings. The van der Waals surface area contributed by atoms with Crippen molar-refractivity contribution in [2.24, 2.45) is 0 Å². The monoisotopic (exact) mass is 168 g/mol. The minimum absolute atomic E-state index is 0.729. The maximum atomic E-state index is 10.3. The normalized spacial score (nSPS) is 14.3. The van der Waals surface area contributed by atoms with Gasteiger partial charge in [0.1, 0.15) is 6.10 Å². The van der Waals surface area contributed by atoms with Gasteiger partial charge in [-0.3, -0.25) is 0 Å². The number of aliphatic hydroxyl groups excluding tert-OH is 1. The topological polar surface area (TPSA) is 80.7 Å². The van der Waals surface area contributed by atoms with Gasteiger partial charge in [-0.1, -0.05) is 0 Å². The molecule has 0 radical (unpaired) electrons. The van der Waals surface area contributed by atoms with E-state index in [1.165, 1.54) is 0 Å². The maximum Gasteiger partial charge on any atom is 0.350 e. The third-order valence-electron chi connectivity index (χ3n) is 0.575. The molecule has 0 aromatic rings. The Labute approximate surface area is 58.7 Å². The van der Waals surface area contributed by atoms with Crippen LogP contribution < -0.4 is 0 Å². The van der Waals surface area contributed by atoms with Crippen molar-refractivity contribution in [1.82, 2.24) is 0 Å². The fraction of sp³-hybridized carbons (Fsp3) is 0.750. The van der Waals surface area contributed by atoms with Gasteiger partial charge in [-0.05, 0) is 6.92 Å². The van der Waals surface area contributed by atoms with Crippen molar-refractivity contribution in [2.45, 2.75) is 13.0 Å². The van der Waals surface area contributed by atoms with Gasteiger partial charge in [0.2, 0.25) is 0 Å². The summed E-state index contributed by atoms with van der Waals surface area (Å²) >= 11 is 0. The van der Waals surface area contributed by atoms with Gasteiger partial charge in [-0.25, -0.2) is 4.79 Å². The SMILES string of the molecule is C[C@H](O)C(=O)OS(C)(=O)=O. The molecular formula is C4H8O5S. The van der Waals surface area contributed by atoms with Crippen molar-refractivity contribution in [3.63, 3.8) is 0 Å². The Morgan fingerprint density at radius 2 is 2.00 bits per heavy atom. The van der Waals surface area contributed by atoms with Crippen LogP contribution in [0.25, 0.3) is 0 Å². The first kappa shape index (κ1) is 9.38. The third kappa shape index (κ3) is 4.28. The summed E-state index contributed by atoms with van der Waals surface area (Å²) in [6.45, 7) is 1.12. The van der Waals surface area contributed by atoms with Gasteiger partial charge in [0.25, 0.3) is 0 Å². The molecule has 0 saturated heterocycles. The summed E-state index contributed by atoms with van der Waals surface area (Å²) in [5.74, 6) is -1.16. The van der Waals surface area contributed by atoms with Crippen molar-refractivity contribution in [2.75, 3.05) is 6.26 Å². The first-order valence-electron chi connectivity index (χ1n) is 2.44. The summed E-state index contributed by atoms with van der Waals surface area (Å²) in [5.41, 5.74) is 0. The highest BCUT2D eigenvalue weighted by Gasteiger charge is 2.15. The minimum Gasteiger partial charge on any atom is -0.382 e. The molecule has 10 heavy (non-hydrogen) atoms. The molecule has 0 fully saturated rings. The zero-order valence-corrected chi connectivity index (χ0v) is 6.38.